The molecule has 1 aromatic rings. The van der Waals surface area contributed by atoms with Crippen LogP contribution in [0.25, 0.3) is 0 Å². The molecule has 100 valence electrons. The maximum atomic E-state index is 12.3. The van der Waals surface area contributed by atoms with Crippen LogP contribution in [0.3, 0.4) is 0 Å². The van der Waals surface area contributed by atoms with E-state index in [0.717, 1.165) is 0 Å². The van der Waals surface area contributed by atoms with Gasteiger partial charge in [0, 0.05) is 18.5 Å². The lowest BCUT2D eigenvalue weighted by molar-refractivity contribution is 0.0386. The molecule has 0 bridgehead atoms. The highest BCUT2D eigenvalue weighted by Gasteiger charge is 2.43. The highest BCUT2D eigenvalue weighted by Crippen LogP contribution is 2.30. The zero-order valence-electron chi connectivity index (χ0n) is 11.3. The third-order valence-electron chi connectivity index (χ3n) is 3.70. The molecule has 1 N–H and O–H groups in total. The first-order chi connectivity index (χ1) is 8.34. The normalized spacial score (nSPS) is 22.8. The molecular formula is C13H20N2O3. The van der Waals surface area contributed by atoms with Crippen LogP contribution in [0.5, 0.6) is 0 Å². The Kier molecular flexibility index (Phi) is 3.19. The maximum absolute atomic E-state index is 12.3. The van der Waals surface area contributed by atoms with Crippen molar-refractivity contribution in [1.29, 1.82) is 0 Å². The zero-order valence-corrected chi connectivity index (χ0v) is 11.3. The van der Waals surface area contributed by atoms with Gasteiger partial charge in [-0.15, -0.1) is 0 Å². The third kappa shape index (κ3) is 2.03. The highest BCUT2D eigenvalue weighted by molar-refractivity contribution is 5.93. The van der Waals surface area contributed by atoms with Crippen LogP contribution in [0, 0.1) is 0 Å². The molecular weight excluding hydrogens is 232 g/mol. The van der Waals surface area contributed by atoms with Crippen molar-refractivity contribution in [1.82, 2.24) is 10.1 Å². The van der Waals surface area contributed by atoms with E-state index >= 15 is 0 Å². The highest BCUT2D eigenvalue weighted by atomic mass is 16.5. The molecule has 1 atom stereocenters. The number of rotatable bonds is 2. The van der Waals surface area contributed by atoms with E-state index in [9.17, 15) is 9.90 Å². The molecule has 2 rings (SSSR count). The molecule has 5 heteroatoms. The van der Waals surface area contributed by atoms with Gasteiger partial charge in [-0.2, -0.15) is 0 Å². The predicted molar refractivity (Wildman–Crippen MR) is 66.3 cm³/mol. The number of amides is 1. The van der Waals surface area contributed by atoms with E-state index in [1.165, 1.54) is 0 Å². The van der Waals surface area contributed by atoms with E-state index in [1.807, 2.05) is 27.7 Å². The number of hydrogen-bond acceptors (Lipinski definition) is 4. The van der Waals surface area contributed by atoms with Gasteiger partial charge in [-0.05, 0) is 20.3 Å². The number of carbonyl (C=O) groups excluding carboxylic acids is 1. The van der Waals surface area contributed by atoms with E-state index < -0.39 is 11.6 Å². The van der Waals surface area contributed by atoms with Gasteiger partial charge in [-0.3, -0.25) is 4.79 Å². The van der Waals surface area contributed by atoms with Gasteiger partial charge in [0.2, 0.25) is 0 Å². The van der Waals surface area contributed by atoms with E-state index in [2.05, 4.69) is 5.16 Å². The van der Waals surface area contributed by atoms with Crippen molar-refractivity contribution in [3.8, 4) is 0 Å². The number of hydrogen-bond donors (Lipinski definition) is 1. The van der Waals surface area contributed by atoms with Crippen LogP contribution in [0.15, 0.2) is 10.6 Å². The van der Waals surface area contributed by atoms with Crippen LogP contribution in [0.4, 0.5) is 0 Å². The molecule has 2 heterocycles. The summed E-state index contributed by atoms with van der Waals surface area (Å²) in [6.45, 7) is 8.26. The van der Waals surface area contributed by atoms with Crippen LogP contribution in [0.1, 0.15) is 56.3 Å². The van der Waals surface area contributed by atoms with Gasteiger partial charge >= 0.3 is 0 Å². The summed E-state index contributed by atoms with van der Waals surface area (Å²) < 4.78 is 5.14. The molecule has 0 radical (unpaired) electrons. The Morgan fingerprint density at radius 2 is 2.28 bits per heavy atom. The summed E-state index contributed by atoms with van der Waals surface area (Å²) >= 11 is 0. The molecule has 1 aliphatic heterocycles. The van der Waals surface area contributed by atoms with Crippen molar-refractivity contribution in [3.05, 3.63) is 17.5 Å². The number of carbonyl (C=O) groups is 1. The first kappa shape index (κ1) is 13.1. The van der Waals surface area contributed by atoms with Crippen molar-refractivity contribution in [2.75, 3.05) is 6.54 Å². The minimum absolute atomic E-state index is 0.174. The van der Waals surface area contributed by atoms with Gasteiger partial charge in [0.1, 0.15) is 5.76 Å². The molecule has 0 aromatic carbocycles. The Hall–Kier alpha value is -1.36. The van der Waals surface area contributed by atoms with Crippen LogP contribution < -0.4 is 0 Å². The fourth-order valence-corrected chi connectivity index (χ4v) is 2.24. The fourth-order valence-electron chi connectivity index (χ4n) is 2.24. The molecule has 1 fully saturated rings. The lowest BCUT2D eigenvalue weighted by atomic mass is 9.98. The standard InChI is InChI=1S/C13H20N2O3/c1-8(2)10-7-9(14-18-10)12(17)15-6-5-11(16)13(15,3)4/h7-8,11,16H,5-6H2,1-4H3. The van der Waals surface area contributed by atoms with Crippen LogP contribution in [-0.4, -0.2) is 39.3 Å². The lowest BCUT2D eigenvalue weighted by Gasteiger charge is -2.33. The fraction of sp³-hybridized carbons (Fsp3) is 0.692. The summed E-state index contributed by atoms with van der Waals surface area (Å²) in [5, 5.41) is 13.7. The van der Waals surface area contributed by atoms with Gasteiger partial charge in [-0.25, -0.2) is 0 Å². The van der Waals surface area contributed by atoms with E-state index in [1.54, 1.807) is 11.0 Å². The molecule has 5 nitrogen and oxygen atoms in total. The number of aliphatic hydroxyl groups is 1. The first-order valence-corrected chi connectivity index (χ1v) is 6.30. The zero-order chi connectivity index (χ0) is 13.5. The summed E-state index contributed by atoms with van der Waals surface area (Å²) in [6.07, 6.45) is 0.117. The Labute approximate surface area is 107 Å². The van der Waals surface area contributed by atoms with E-state index in [-0.39, 0.29) is 11.8 Å². The Balaban J connectivity index is 2.21. The quantitative estimate of drug-likeness (QED) is 0.871. The number of aromatic nitrogens is 1. The Bertz CT molecular complexity index is 451. The molecule has 1 aromatic heterocycles. The SMILES string of the molecule is CC(C)c1cc(C(=O)N2CCC(O)C2(C)C)no1. The summed E-state index contributed by atoms with van der Waals surface area (Å²) in [5.74, 6) is 0.735. The molecule has 1 amide bonds. The summed E-state index contributed by atoms with van der Waals surface area (Å²) in [5.41, 5.74) is -0.227. The van der Waals surface area contributed by atoms with Crippen LogP contribution in [-0.2, 0) is 0 Å². The molecule has 0 aliphatic carbocycles. The van der Waals surface area contributed by atoms with Gasteiger partial charge in [0.05, 0.1) is 11.6 Å². The Morgan fingerprint density at radius 1 is 1.61 bits per heavy atom. The van der Waals surface area contributed by atoms with Crippen molar-refractivity contribution in [2.45, 2.75) is 51.7 Å². The lowest BCUT2D eigenvalue weighted by Crippen LogP contribution is -2.48. The monoisotopic (exact) mass is 252 g/mol. The van der Waals surface area contributed by atoms with Gasteiger partial charge in [0.25, 0.3) is 5.91 Å². The largest absolute Gasteiger partial charge is 0.391 e. The number of likely N-dealkylation sites (tertiary alicyclic amines) is 1. The average molecular weight is 252 g/mol. The molecule has 18 heavy (non-hydrogen) atoms. The van der Waals surface area contributed by atoms with E-state index in [0.29, 0.717) is 24.4 Å². The van der Waals surface area contributed by atoms with Crippen molar-refractivity contribution < 1.29 is 14.4 Å². The summed E-state index contributed by atoms with van der Waals surface area (Å²) in [4.78, 5) is 14.0. The smallest absolute Gasteiger partial charge is 0.276 e. The van der Waals surface area contributed by atoms with Crippen molar-refractivity contribution in [3.63, 3.8) is 0 Å². The predicted octanol–water partition coefficient (Wildman–Crippen LogP) is 1.78. The molecule has 0 spiro atoms. The van der Waals surface area contributed by atoms with Crippen molar-refractivity contribution >= 4 is 5.91 Å². The van der Waals surface area contributed by atoms with Gasteiger partial charge < -0.3 is 14.5 Å². The second-order valence-corrected chi connectivity index (χ2v) is 5.68. The second kappa shape index (κ2) is 4.39. The second-order valence-electron chi connectivity index (χ2n) is 5.68. The molecule has 0 saturated carbocycles. The minimum atomic E-state index is -0.548. The summed E-state index contributed by atoms with van der Waals surface area (Å²) in [6, 6.07) is 1.69. The number of nitrogens with zero attached hydrogens (tertiary/aromatic N) is 2. The minimum Gasteiger partial charge on any atom is -0.391 e. The average Bonchev–Trinajstić information content (AvgIpc) is 2.85. The maximum Gasteiger partial charge on any atom is 0.276 e. The molecule has 1 saturated heterocycles. The topological polar surface area (TPSA) is 66.6 Å². The number of aliphatic hydroxyl groups excluding tert-OH is 1. The molecule has 1 aliphatic rings. The summed E-state index contributed by atoms with van der Waals surface area (Å²) in [7, 11) is 0. The Morgan fingerprint density at radius 3 is 2.72 bits per heavy atom. The first-order valence-electron chi connectivity index (χ1n) is 6.30. The van der Waals surface area contributed by atoms with Gasteiger partial charge in [-0.1, -0.05) is 19.0 Å². The third-order valence-corrected chi connectivity index (χ3v) is 3.70. The molecule has 1 unspecified atom stereocenters. The van der Waals surface area contributed by atoms with Crippen LogP contribution in [0.2, 0.25) is 0 Å². The van der Waals surface area contributed by atoms with E-state index in [4.69, 9.17) is 4.52 Å². The van der Waals surface area contributed by atoms with Crippen LogP contribution >= 0.6 is 0 Å². The van der Waals surface area contributed by atoms with Gasteiger partial charge in [0.15, 0.2) is 5.69 Å². The van der Waals surface area contributed by atoms with Crippen molar-refractivity contribution in [2.24, 2.45) is 0 Å².